The molecule has 4 rings (SSSR count). The molecule has 2 aliphatic heterocycles. The Kier molecular flexibility index (Phi) is 6.83. The first-order valence-electron chi connectivity index (χ1n) is 11.4. The van der Waals surface area contributed by atoms with E-state index < -0.39 is 0 Å². The summed E-state index contributed by atoms with van der Waals surface area (Å²) in [6.45, 7) is 6.65. The molecule has 2 unspecified atom stereocenters. The van der Waals surface area contributed by atoms with Crippen LogP contribution >= 0.6 is 0 Å². The molecule has 4 heteroatoms. The van der Waals surface area contributed by atoms with Crippen molar-refractivity contribution < 1.29 is 9.18 Å². The van der Waals surface area contributed by atoms with Crippen molar-refractivity contribution in [2.75, 3.05) is 32.7 Å². The third kappa shape index (κ3) is 5.10. The molecule has 0 spiro atoms. The van der Waals surface area contributed by atoms with E-state index >= 15 is 0 Å². The average molecular weight is 409 g/mol. The molecule has 1 amide bonds. The third-order valence-electron chi connectivity index (χ3n) is 6.94. The highest BCUT2D eigenvalue weighted by Gasteiger charge is 2.37. The van der Waals surface area contributed by atoms with Crippen molar-refractivity contribution in [3.63, 3.8) is 0 Å². The zero-order valence-corrected chi connectivity index (χ0v) is 18.0. The number of hydrogen-bond acceptors (Lipinski definition) is 2. The predicted molar refractivity (Wildman–Crippen MR) is 119 cm³/mol. The zero-order valence-electron chi connectivity index (χ0n) is 18.0. The van der Waals surface area contributed by atoms with Gasteiger partial charge in [-0.3, -0.25) is 4.79 Å². The summed E-state index contributed by atoms with van der Waals surface area (Å²) >= 11 is 0. The molecule has 0 N–H and O–H groups in total. The van der Waals surface area contributed by atoms with Crippen LogP contribution in [0.15, 0.2) is 54.6 Å². The van der Waals surface area contributed by atoms with Crippen molar-refractivity contribution in [1.29, 1.82) is 0 Å². The van der Waals surface area contributed by atoms with Crippen LogP contribution in [0, 0.1) is 17.7 Å². The number of rotatable bonds is 6. The summed E-state index contributed by atoms with van der Waals surface area (Å²) in [4.78, 5) is 16.9. The Balaban J connectivity index is 1.37. The number of piperidine rings is 1. The number of carbonyl (C=O) groups is 1. The van der Waals surface area contributed by atoms with Gasteiger partial charge in [-0.2, -0.15) is 0 Å². The molecule has 0 saturated carbocycles. The van der Waals surface area contributed by atoms with Gasteiger partial charge in [-0.1, -0.05) is 49.4 Å². The smallest absolute Gasteiger partial charge is 0.222 e. The molecule has 2 heterocycles. The van der Waals surface area contributed by atoms with E-state index in [9.17, 15) is 9.18 Å². The fourth-order valence-corrected chi connectivity index (χ4v) is 5.25. The van der Waals surface area contributed by atoms with Crippen molar-refractivity contribution in [1.82, 2.24) is 9.80 Å². The van der Waals surface area contributed by atoms with Crippen LogP contribution in [-0.2, 0) is 11.2 Å². The van der Waals surface area contributed by atoms with Gasteiger partial charge in [-0.15, -0.1) is 0 Å². The second kappa shape index (κ2) is 9.74. The Hall–Kier alpha value is -2.20. The number of hydrogen-bond donors (Lipinski definition) is 0. The molecule has 2 saturated heterocycles. The Morgan fingerprint density at radius 1 is 1.03 bits per heavy atom. The topological polar surface area (TPSA) is 23.6 Å². The van der Waals surface area contributed by atoms with Crippen molar-refractivity contribution in [3.05, 3.63) is 71.5 Å². The fraction of sp³-hybridized carbons (Fsp3) is 0.500. The molecular weight excluding hydrogens is 375 g/mol. The maximum Gasteiger partial charge on any atom is 0.222 e. The van der Waals surface area contributed by atoms with Gasteiger partial charge in [0.05, 0.1) is 0 Å². The SMILES string of the molecule is CCC(=O)N1CC(CN2CCC(Cc3ccccc3)CC2)C(c2cccc(F)c2)C1. The molecule has 0 aromatic heterocycles. The molecule has 2 atom stereocenters. The Morgan fingerprint density at radius 3 is 2.50 bits per heavy atom. The van der Waals surface area contributed by atoms with Gasteiger partial charge in [-0.25, -0.2) is 4.39 Å². The highest BCUT2D eigenvalue weighted by Crippen LogP contribution is 2.35. The van der Waals surface area contributed by atoms with E-state index in [4.69, 9.17) is 0 Å². The highest BCUT2D eigenvalue weighted by atomic mass is 19.1. The lowest BCUT2D eigenvalue weighted by Gasteiger charge is -2.34. The maximum absolute atomic E-state index is 13.9. The number of amides is 1. The Bertz CT molecular complexity index is 832. The van der Waals surface area contributed by atoms with Crippen molar-refractivity contribution >= 4 is 5.91 Å². The van der Waals surface area contributed by atoms with Crippen LogP contribution in [0.1, 0.15) is 43.2 Å². The Morgan fingerprint density at radius 2 is 1.80 bits per heavy atom. The molecule has 0 radical (unpaired) electrons. The molecule has 2 fully saturated rings. The predicted octanol–water partition coefficient (Wildman–Crippen LogP) is 4.73. The lowest BCUT2D eigenvalue weighted by molar-refractivity contribution is -0.130. The molecule has 2 aromatic rings. The molecule has 2 aromatic carbocycles. The summed E-state index contributed by atoms with van der Waals surface area (Å²) in [5, 5.41) is 0. The van der Waals surface area contributed by atoms with E-state index in [0.717, 1.165) is 37.7 Å². The highest BCUT2D eigenvalue weighted by molar-refractivity contribution is 5.76. The molecular formula is C26H33FN2O. The van der Waals surface area contributed by atoms with Crippen LogP contribution in [0.25, 0.3) is 0 Å². The van der Waals surface area contributed by atoms with Crippen molar-refractivity contribution in [3.8, 4) is 0 Å². The van der Waals surface area contributed by atoms with Crippen LogP contribution in [0.4, 0.5) is 4.39 Å². The van der Waals surface area contributed by atoms with Gasteiger partial charge in [0.2, 0.25) is 5.91 Å². The number of nitrogens with zero attached hydrogens (tertiary/aromatic N) is 2. The van der Waals surface area contributed by atoms with E-state index in [1.54, 1.807) is 12.1 Å². The Labute approximate surface area is 179 Å². The minimum absolute atomic E-state index is 0.187. The van der Waals surface area contributed by atoms with Gasteiger partial charge in [0, 0.05) is 32.0 Å². The molecule has 0 bridgehead atoms. The van der Waals surface area contributed by atoms with Gasteiger partial charge in [0.25, 0.3) is 0 Å². The molecule has 30 heavy (non-hydrogen) atoms. The third-order valence-corrected chi connectivity index (χ3v) is 6.94. The standard InChI is InChI=1S/C26H33FN2O/c1-2-26(30)29-18-23(25(19-29)22-9-6-10-24(27)16-22)17-28-13-11-21(12-14-28)15-20-7-4-3-5-8-20/h3-10,16,21,23,25H,2,11-15,17-19H2,1H3. The van der Waals surface area contributed by atoms with Gasteiger partial charge in [-0.05, 0) is 67.4 Å². The summed E-state index contributed by atoms with van der Waals surface area (Å²) < 4.78 is 13.9. The van der Waals surface area contributed by atoms with Crippen LogP contribution in [0.5, 0.6) is 0 Å². The van der Waals surface area contributed by atoms with Gasteiger partial charge in [0.15, 0.2) is 0 Å². The number of likely N-dealkylation sites (tertiary alicyclic amines) is 2. The largest absolute Gasteiger partial charge is 0.342 e. The molecule has 2 aliphatic rings. The van der Waals surface area contributed by atoms with E-state index in [2.05, 4.69) is 35.2 Å². The number of halogens is 1. The maximum atomic E-state index is 13.9. The van der Waals surface area contributed by atoms with Crippen LogP contribution in [-0.4, -0.2) is 48.4 Å². The number of benzene rings is 2. The summed E-state index contributed by atoms with van der Waals surface area (Å²) in [6.07, 6.45) is 4.16. The first kappa shape index (κ1) is 21.0. The zero-order chi connectivity index (χ0) is 20.9. The summed E-state index contributed by atoms with van der Waals surface area (Å²) in [7, 11) is 0. The minimum atomic E-state index is -0.187. The quantitative estimate of drug-likeness (QED) is 0.690. The van der Waals surface area contributed by atoms with E-state index in [-0.39, 0.29) is 17.6 Å². The van der Waals surface area contributed by atoms with E-state index in [0.29, 0.717) is 18.9 Å². The summed E-state index contributed by atoms with van der Waals surface area (Å²) in [6, 6.07) is 17.8. The van der Waals surface area contributed by atoms with Crippen LogP contribution in [0.2, 0.25) is 0 Å². The normalized spacial score (nSPS) is 23.1. The lowest BCUT2D eigenvalue weighted by atomic mass is 9.86. The van der Waals surface area contributed by atoms with E-state index in [1.165, 1.54) is 30.9 Å². The lowest BCUT2D eigenvalue weighted by Crippen LogP contribution is -2.39. The van der Waals surface area contributed by atoms with Gasteiger partial charge in [0.1, 0.15) is 5.82 Å². The fourth-order valence-electron chi connectivity index (χ4n) is 5.25. The monoisotopic (exact) mass is 408 g/mol. The van der Waals surface area contributed by atoms with E-state index in [1.807, 2.05) is 17.9 Å². The van der Waals surface area contributed by atoms with Crippen molar-refractivity contribution in [2.45, 2.75) is 38.5 Å². The minimum Gasteiger partial charge on any atom is -0.342 e. The first-order valence-corrected chi connectivity index (χ1v) is 11.4. The second-order valence-corrected chi connectivity index (χ2v) is 9.01. The van der Waals surface area contributed by atoms with Crippen molar-refractivity contribution in [2.24, 2.45) is 11.8 Å². The van der Waals surface area contributed by atoms with Gasteiger partial charge >= 0.3 is 0 Å². The average Bonchev–Trinajstić information content (AvgIpc) is 3.19. The van der Waals surface area contributed by atoms with Crippen LogP contribution in [0.3, 0.4) is 0 Å². The molecule has 160 valence electrons. The number of carbonyl (C=O) groups excluding carboxylic acids is 1. The molecule has 3 nitrogen and oxygen atoms in total. The molecule has 0 aliphatic carbocycles. The van der Waals surface area contributed by atoms with Gasteiger partial charge < -0.3 is 9.80 Å². The van der Waals surface area contributed by atoms with Crippen LogP contribution < -0.4 is 0 Å². The summed E-state index contributed by atoms with van der Waals surface area (Å²) in [5.74, 6) is 1.37. The second-order valence-electron chi connectivity index (χ2n) is 9.01. The summed E-state index contributed by atoms with van der Waals surface area (Å²) in [5.41, 5.74) is 2.47. The first-order chi connectivity index (χ1) is 14.6.